The van der Waals surface area contributed by atoms with Crippen LogP contribution in [0.2, 0.25) is 0 Å². The number of fused-ring (bicyclic) bond motifs is 1. The lowest BCUT2D eigenvalue weighted by Gasteiger charge is -2.33. The van der Waals surface area contributed by atoms with Gasteiger partial charge >= 0.3 is 0 Å². The number of hydrogen-bond donors (Lipinski definition) is 2. The molecule has 1 heterocycles. The molecule has 2 amide bonds. The number of anilines is 1. The first-order chi connectivity index (χ1) is 10.5. The monoisotopic (exact) mass is 302 g/mol. The van der Waals surface area contributed by atoms with Crippen LogP contribution < -0.4 is 15.4 Å². The van der Waals surface area contributed by atoms with Crippen molar-refractivity contribution in [2.24, 2.45) is 5.92 Å². The number of aryl methyl sites for hydroxylation is 1. The van der Waals surface area contributed by atoms with Gasteiger partial charge in [-0.2, -0.15) is 0 Å². The molecule has 0 unspecified atom stereocenters. The van der Waals surface area contributed by atoms with Crippen LogP contribution in [0.4, 0.5) is 5.69 Å². The van der Waals surface area contributed by atoms with E-state index in [1.165, 1.54) is 19.8 Å². The Morgan fingerprint density at radius 3 is 2.86 bits per heavy atom. The summed E-state index contributed by atoms with van der Waals surface area (Å²) in [6.07, 6.45) is 4.74. The van der Waals surface area contributed by atoms with E-state index in [2.05, 4.69) is 10.6 Å². The molecule has 3 rings (SSSR count). The van der Waals surface area contributed by atoms with Gasteiger partial charge in [-0.1, -0.05) is 18.9 Å². The minimum absolute atomic E-state index is 0.372. The highest BCUT2D eigenvalue weighted by atomic mass is 16.5. The number of hydrogen-bond acceptors (Lipinski definition) is 3. The largest absolute Gasteiger partial charge is 0.466 e. The first kappa shape index (κ1) is 14.9. The Morgan fingerprint density at radius 1 is 1.41 bits per heavy atom. The van der Waals surface area contributed by atoms with Crippen molar-refractivity contribution in [3.63, 3.8) is 0 Å². The Balaban J connectivity index is 1.72. The molecule has 0 aromatic heterocycles. The molecule has 1 fully saturated rings. The molecule has 5 heteroatoms. The second-order valence-corrected chi connectivity index (χ2v) is 6.45. The van der Waals surface area contributed by atoms with Gasteiger partial charge in [0.2, 0.25) is 0 Å². The SMILES string of the molecule is Cc1ccc2c(c1)NC(=O)[C@](C)(C(=O)NCC1CCCC1)O2. The van der Waals surface area contributed by atoms with Crippen LogP contribution >= 0.6 is 0 Å². The molecule has 22 heavy (non-hydrogen) atoms. The zero-order valence-electron chi connectivity index (χ0n) is 13.1. The summed E-state index contributed by atoms with van der Waals surface area (Å²) < 4.78 is 5.74. The summed E-state index contributed by atoms with van der Waals surface area (Å²) in [6.45, 7) is 4.08. The number of carbonyl (C=O) groups excluding carboxylic acids is 2. The third-order valence-electron chi connectivity index (χ3n) is 4.59. The van der Waals surface area contributed by atoms with Crippen LogP contribution in [-0.4, -0.2) is 24.0 Å². The topological polar surface area (TPSA) is 67.4 Å². The molecule has 1 aromatic rings. The van der Waals surface area contributed by atoms with Gasteiger partial charge in [0.15, 0.2) is 0 Å². The molecule has 5 nitrogen and oxygen atoms in total. The number of amides is 2. The standard InChI is InChI=1S/C17H22N2O3/c1-11-7-8-14-13(9-11)19-16(21)17(2,22-14)15(20)18-10-12-5-3-4-6-12/h7-9,12H,3-6,10H2,1-2H3,(H,18,20)(H,19,21)/t17-/m0/s1. The minimum atomic E-state index is -1.51. The molecule has 118 valence electrons. The van der Waals surface area contributed by atoms with Crippen LogP contribution in [0, 0.1) is 12.8 Å². The molecule has 1 atom stereocenters. The van der Waals surface area contributed by atoms with E-state index in [-0.39, 0.29) is 5.91 Å². The van der Waals surface area contributed by atoms with Gasteiger partial charge in [0.25, 0.3) is 17.4 Å². The van der Waals surface area contributed by atoms with Crippen molar-refractivity contribution in [3.8, 4) is 5.75 Å². The van der Waals surface area contributed by atoms with Gasteiger partial charge in [0.05, 0.1) is 5.69 Å². The fraction of sp³-hybridized carbons (Fsp3) is 0.529. The molecule has 1 aromatic carbocycles. The van der Waals surface area contributed by atoms with E-state index in [9.17, 15) is 9.59 Å². The van der Waals surface area contributed by atoms with Gasteiger partial charge < -0.3 is 15.4 Å². The van der Waals surface area contributed by atoms with Crippen molar-refractivity contribution in [2.75, 3.05) is 11.9 Å². The zero-order valence-corrected chi connectivity index (χ0v) is 13.1. The van der Waals surface area contributed by atoms with E-state index < -0.39 is 11.5 Å². The molecule has 0 saturated heterocycles. The van der Waals surface area contributed by atoms with Gasteiger partial charge in [0.1, 0.15) is 5.75 Å². The van der Waals surface area contributed by atoms with Gasteiger partial charge in [-0.25, -0.2) is 0 Å². The van der Waals surface area contributed by atoms with Crippen molar-refractivity contribution in [1.82, 2.24) is 5.32 Å². The maximum atomic E-state index is 12.5. The molecule has 1 aliphatic carbocycles. The van der Waals surface area contributed by atoms with Gasteiger partial charge in [-0.05, 0) is 50.3 Å². The van der Waals surface area contributed by atoms with E-state index >= 15 is 0 Å². The van der Waals surface area contributed by atoms with E-state index in [1.54, 1.807) is 6.07 Å². The van der Waals surface area contributed by atoms with Crippen molar-refractivity contribution < 1.29 is 14.3 Å². The first-order valence-corrected chi connectivity index (χ1v) is 7.88. The van der Waals surface area contributed by atoms with Crippen molar-refractivity contribution in [2.45, 2.75) is 45.1 Å². The highest BCUT2D eigenvalue weighted by Crippen LogP contribution is 2.34. The summed E-state index contributed by atoms with van der Waals surface area (Å²) in [4.78, 5) is 24.8. The third-order valence-corrected chi connectivity index (χ3v) is 4.59. The van der Waals surface area contributed by atoms with Gasteiger partial charge in [-0.15, -0.1) is 0 Å². The molecule has 2 aliphatic rings. The number of carbonyl (C=O) groups is 2. The van der Waals surface area contributed by atoms with Crippen LogP contribution in [-0.2, 0) is 9.59 Å². The minimum Gasteiger partial charge on any atom is -0.466 e. The highest BCUT2D eigenvalue weighted by molar-refractivity contribution is 6.15. The summed E-state index contributed by atoms with van der Waals surface area (Å²) in [5, 5.41) is 5.66. The Labute approximate surface area is 130 Å². The van der Waals surface area contributed by atoms with Crippen molar-refractivity contribution in [1.29, 1.82) is 0 Å². The third kappa shape index (κ3) is 2.67. The summed E-state index contributed by atoms with van der Waals surface area (Å²) in [5.74, 6) is 0.260. The number of ether oxygens (including phenoxy) is 1. The lowest BCUT2D eigenvalue weighted by atomic mass is 10.0. The van der Waals surface area contributed by atoms with Crippen molar-refractivity contribution >= 4 is 17.5 Å². The van der Waals surface area contributed by atoms with Crippen LogP contribution in [0.1, 0.15) is 38.2 Å². The molecule has 0 bridgehead atoms. The fourth-order valence-corrected chi connectivity index (χ4v) is 3.11. The molecule has 0 spiro atoms. The predicted molar refractivity (Wildman–Crippen MR) is 83.8 cm³/mol. The summed E-state index contributed by atoms with van der Waals surface area (Å²) in [5.41, 5.74) is 0.129. The highest BCUT2D eigenvalue weighted by Gasteiger charge is 2.47. The molecule has 0 radical (unpaired) electrons. The van der Waals surface area contributed by atoms with Gasteiger partial charge in [0, 0.05) is 6.54 Å². The lowest BCUT2D eigenvalue weighted by Crippen LogP contribution is -2.59. The number of benzene rings is 1. The average Bonchev–Trinajstić information content (AvgIpc) is 2.99. The van der Waals surface area contributed by atoms with Crippen LogP contribution in [0.25, 0.3) is 0 Å². The van der Waals surface area contributed by atoms with Crippen LogP contribution in [0.3, 0.4) is 0 Å². The molecule has 1 aliphatic heterocycles. The maximum Gasteiger partial charge on any atom is 0.278 e. The summed E-state index contributed by atoms with van der Waals surface area (Å²) in [7, 11) is 0. The lowest BCUT2D eigenvalue weighted by molar-refractivity contribution is -0.146. The average molecular weight is 302 g/mol. The Bertz CT molecular complexity index is 608. The summed E-state index contributed by atoms with van der Waals surface area (Å²) >= 11 is 0. The first-order valence-electron chi connectivity index (χ1n) is 7.88. The molecular formula is C17H22N2O3. The van der Waals surface area contributed by atoms with Crippen molar-refractivity contribution in [3.05, 3.63) is 23.8 Å². The van der Waals surface area contributed by atoms with Gasteiger partial charge in [-0.3, -0.25) is 9.59 Å². The number of rotatable bonds is 3. The molecule has 1 saturated carbocycles. The second-order valence-electron chi connectivity index (χ2n) is 6.45. The zero-order chi connectivity index (χ0) is 15.7. The van der Waals surface area contributed by atoms with E-state index in [0.29, 0.717) is 23.9 Å². The Kier molecular flexibility index (Phi) is 3.81. The van der Waals surface area contributed by atoms with Crippen LogP contribution in [0.15, 0.2) is 18.2 Å². The summed E-state index contributed by atoms with van der Waals surface area (Å²) in [6, 6.07) is 5.52. The fourth-order valence-electron chi connectivity index (χ4n) is 3.11. The van der Waals surface area contributed by atoms with Crippen LogP contribution in [0.5, 0.6) is 5.75 Å². The molecule has 2 N–H and O–H groups in total. The quantitative estimate of drug-likeness (QED) is 0.843. The Hall–Kier alpha value is -2.04. The Morgan fingerprint density at radius 2 is 2.14 bits per heavy atom. The smallest absolute Gasteiger partial charge is 0.278 e. The van der Waals surface area contributed by atoms with E-state index in [1.807, 2.05) is 19.1 Å². The van der Waals surface area contributed by atoms with E-state index in [0.717, 1.165) is 18.4 Å². The maximum absolute atomic E-state index is 12.5. The van der Waals surface area contributed by atoms with E-state index in [4.69, 9.17) is 4.74 Å². The molecular weight excluding hydrogens is 280 g/mol. The second kappa shape index (κ2) is 5.63. The number of nitrogens with one attached hydrogen (secondary N) is 2. The predicted octanol–water partition coefficient (Wildman–Crippen LogP) is 2.39. The normalized spacial score (nSPS) is 24.4.